The number of benzene rings is 3. The Morgan fingerprint density at radius 2 is 1.67 bits per heavy atom. The van der Waals surface area contributed by atoms with E-state index in [0.29, 0.717) is 49.9 Å². The van der Waals surface area contributed by atoms with E-state index in [-0.39, 0.29) is 12.0 Å². The van der Waals surface area contributed by atoms with Gasteiger partial charge in [-0.1, -0.05) is 24.3 Å². The lowest BCUT2D eigenvalue weighted by Gasteiger charge is -2.17. The first-order chi connectivity index (χ1) is 25.2. The van der Waals surface area contributed by atoms with Crippen LogP contribution in [0.25, 0.3) is 44.6 Å². The number of nitrogens with two attached hydrogens (primary N) is 1. The summed E-state index contributed by atoms with van der Waals surface area (Å²) < 4.78 is 6.42. The van der Waals surface area contributed by atoms with Crippen LogP contribution in [0.2, 0.25) is 0 Å². The van der Waals surface area contributed by atoms with E-state index in [9.17, 15) is 15.0 Å². The summed E-state index contributed by atoms with van der Waals surface area (Å²) in [7, 11) is 0. The van der Waals surface area contributed by atoms with E-state index in [1.807, 2.05) is 42.7 Å². The number of aliphatic carboxylic acids is 1. The van der Waals surface area contributed by atoms with Gasteiger partial charge >= 0.3 is 5.97 Å². The van der Waals surface area contributed by atoms with E-state index in [4.69, 9.17) is 20.1 Å². The number of aromatic nitrogens is 3. The topological polar surface area (TPSA) is 154 Å². The molecular weight excluding hydrogens is 654 g/mol. The maximum Gasteiger partial charge on any atom is 0.307 e. The molecule has 266 valence electrons. The highest BCUT2D eigenvalue weighted by atomic mass is 16.4. The number of hydrogen-bond acceptors (Lipinski definition) is 10. The smallest absolute Gasteiger partial charge is 0.307 e. The Bertz CT molecular complexity index is 2300. The number of carbonyl (C=O) groups is 1. The van der Waals surface area contributed by atoms with E-state index >= 15 is 0 Å². The number of aliphatic hydroxyl groups excluding tert-OH is 1. The number of carboxylic acid groups (broad SMARTS) is 1. The van der Waals surface area contributed by atoms with Gasteiger partial charge in [-0.15, -0.1) is 0 Å². The summed E-state index contributed by atoms with van der Waals surface area (Å²) in [5.41, 5.74) is 17.6. The standard InChI is InChI=1S/C41H43N7O4/c1-24-32(5-3-7-34(24)40-46-36-17-26(15-30(18-42)38(36)52-40)20-47-13-10-29(22-47)41(50)51)33-6-4-8-35(25(33)2)45-39-37-28(9-12-43-39)16-27(19-44-37)21-48-14-11-31(49)23-48/h3-9,12,15-17,19,29,31,49H,10-11,13-14,18,20-23,42H2,1-2H3,(H,43,45)(H,50,51)/t29-,31-/m1/s1. The molecule has 0 bridgehead atoms. The molecule has 0 aliphatic carbocycles. The number of anilines is 2. The van der Waals surface area contributed by atoms with Crippen LogP contribution in [0, 0.1) is 19.8 Å². The van der Waals surface area contributed by atoms with Crippen LogP contribution in [0.5, 0.6) is 0 Å². The zero-order valence-corrected chi connectivity index (χ0v) is 29.5. The number of β-amino-alcohol motifs (C(OH)–C–C–N with tert-alkyl or cyclic N) is 1. The van der Waals surface area contributed by atoms with E-state index in [1.54, 1.807) is 0 Å². The predicted octanol–water partition coefficient (Wildman–Crippen LogP) is 6.40. The molecule has 3 aromatic heterocycles. The molecule has 2 aliphatic heterocycles. The second-order valence-corrected chi connectivity index (χ2v) is 14.2. The molecule has 5 heterocycles. The molecule has 52 heavy (non-hydrogen) atoms. The summed E-state index contributed by atoms with van der Waals surface area (Å²) in [5.74, 6) is 0.169. The number of pyridine rings is 2. The van der Waals surface area contributed by atoms with E-state index in [2.05, 4.69) is 64.3 Å². The van der Waals surface area contributed by atoms with Crippen LogP contribution in [0.1, 0.15) is 40.7 Å². The molecule has 2 atom stereocenters. The van der Waals surface area contributed by atoms with E-state index in [0.717, 1.165) is 92.7 Å². The Morgan fingerprint density at radius 1 is 0.923 bits per heavy atom. The van der Waals surface area contributed by atoms with Gasteiger partial charge in [0, 0.05) is 73.9 Å². The summed E-state index contributed by atoms with van der Waals surface area (Å²) in [5, 5.41) is 23.9. The Hall–Kier alpha value is -5.20. The Labute approximate surface area is 302 Å². The SMILES string of the molecule is Cc1c(Nc2nccc3cc(CN4CC[C@@H](O)C4)cnc23)cccc1-c1cccc(-c2nc3cc(CN4CC[C@@H](C(=O)O)C4)cc(CN)c3o2)c1C. The van der Waals surface area contributed by atoms with Gasteiger partial charge < -0.3 is 25.7 Å². The van der Waals surface area contributed by atoms with Crippen molar-refractivity contribution in [2.24, 2.45) is 11.7 Å². The fraction of sp³-hybridized carbons (Fsp3) is 0.317. The third-order valence-electron chi connectivity index (χ3n) is 10.6. The Kier molecular flexibility index (Phi) is 9.18. The number of fused-ring (bicyclic) bond motifs is 2. The number of aliphatic hydroxyl groups is 1. The minimum atomic E-state index is -0.734. The number of carboxylic acids is 1. The molecule has 2 fully saturated rings. The highest BCUT2D eigenvalue weighted by Crippen LogP contribution is 2.38. The molecule has 0 spiro atoms. The molecule has 0 radical (unpaired) electrons. The van der Waals surface area contributed by atoms with Crippen molar-refractivity contribution in [3.63, 3.8) is 0 Å². The number of oxazole rings is 1. The van der Waals surface area contributed by atoms with Gasteiger partial charge in [0.05, 0.1) is 12.0 Å². The molecular formula is C41H43N7O4. The minimum absolute atomic E-state index is 0.248. The Morgan fingerprint density at radius 3 is 2.44 bits per heavy atom. The molecule has 5 N–H and O–H groups in total. The molecule has 11 heteroatoms. The number of rotatable bonds is 10. The van der Waals surface area contributed by atoms with Crippen LogP contribution < -0.4 is 11.1 Å². The molecule has 2 aliphatic rings. The lowest BCUT2D eigenvalue weighted by atomic mass is 9.93. The number of nitrogens with zero attached hydrogens (tertiary/aromatic N) is 5. The van der Waals surface area contributed by atoms with Crippen molar-refractivity contribution < 1.29 is 19.4 Å². The molecule has 3 aromatic carbocycles. The monoisotopic (exact) mass is 697 g/mol. The summed E-state index contributed by atoms with van der Waals surface area (Å²) in [6.07, 6.45) is 4.94. The van der Waals surface area contributed by atoms with Gasteiger partial charge in [0.2, 0.25) is 5.89 Å². The van der Waals surface area contributed by atoms with Gasteiger partial charge in [0.25, 0.3) is 0 Å². The van der Waals surface area contributed by atoms with Crippen molar-refractivity contribution in [2.75, 3.05) is 31.5 Å². The number of nitrogens with one attached hydrogen (secondary N) is 1. The van der Waals surface area contributed by atoms with E-state index in [1.165, 1.54) is 0 Å². The first-order valence-electron chi connectivity index (χ1n) is 17.9. The maximum absolute atomic E-state index is 11.5. The van der Waals surface area contributed by atoms with E-state index < -0.39 is 5.97 Å². The molecule has 6 aromatic rings. The molecule has 0 saturated carbocycles. The quantitative estimate of drug-likeness (QED) is 0.126. The zero-order valence-electron chi connectivity index (χ0n) is 29.5. The highest BCUT2D eigenvalue weighted by molar-refractivity contribution is 5.91. The van der Waals surface area contributed by atoms with Gasteiger partial charge in [-0.25, -0.2) is 9.97 Å². The molecule has 8 rings (SSSR count). The van der Waals surface area contributed by atoms with Crippen molar-refractivity contribution in [1.29, 1.82) is 0 Å². The third kappa shape index (κ3) is 6.64. The van der Waals surface area contributed by atoms with Crippen LogP contribution in [-0.2, 0) is 24.4 Å². The summed E-state index contributed by atoms with van der Waals surface area (Å²) >= 11 is 0. The van der Waals surface area contributed by atoms with Crippen LogP contribution in [0.15, 0.2) is 77.5 Å². The fourth-order valence-electron chi connectivity index (χ4n) is 7.81. The zero-order chi connectivity index (χ0) is 35.9. The lowest BCUT2D eigenvalue weighted by Crippen LogP contribution is -2.22. The summed E-state index contributed by atoms with van der Waals surface area (Å²) in [6, 6.07) is 20.6. The van der Waals surface area contributed by atoms with Gasteiger partial charge in [0.1, 0.15) is 11.0 Å². The molecule has 0 amide bonds. The second-order valence-electron chi connectivity index (χ2n) is 14.2. The normalized spacial score (nSPS) is 18.2. The largest absolute Gasteiger partial charge is 0.481 e. The van der Waals surface area contributed by atoms with Gasteiger partial charge in [-0.2, -0.15) is 0 Å². The van der Waals surface area contributed by atoms with Crippen LogP contribution in [-0.4, -0.2) is 73.2 Å². The average molecular weight is 698 g/mol. The van der Waals surface area contributed by atoms with Crippen molar-refractivity contribution in [2.45, 2.75) is 52.4 Å². The predicted molar refractivity (Wildman–Crippen MR) is 202 cm³/mol. The third-order valence-corrected chi connectivity index (χ3v) is 10.6. The average Bonchev–Trinajstić information content (AvgIpc) is 3.89. The van der Waals surface area contributed by atoms with Crippen LogP contribution in [0.3, 0.4) is 0 Å². The highest BCUT2D eigenvalue weighted by Gasteiger charge is 2.28. The number of likely N-dealkylation sites (tertiary alicyclic amines) is 2. The first-order valence-corrected chi connectivity index (χ1v) is 17.9. The van der Waals surface area contributed by atoms with Crippen LogP contribution in [0.4, 0.5) is 11.5 Å². The maximum atomic E-state index is 11.5. The fourth-order valence-corrected chi connectivity index (χ4v) is 7.81. The summed E-state index contributed by atoms with van der Waals surface area (Å²) in [6.45, 7) is 8.80. The van der Waals surface area contributed by atoms with Crippen molar-refractivity contribution in [3.05, 3.63) is 101 Å². The minimum Gasteiger partial charge on any atom is -0.481 e. The van der Waals surface area contributed by atoms with Gasteiger partial charge in [-0.05, 0) is 103 Å². The molecule has 2 saturated heterocycles. The summed E-state index contributed by atoms with van der Waals surface area (Å²) in [4.78, 5) is 30.3. The van der Waals surface area contributed by atoms with Crippen molar-refractivity contribution in [3.8, 4) is 22.6 Å². The van der Waals surface area contributed by atoms with Crippen molar-refractivity contribution in [1.82, 2.24) is 24.8 Å². The molecule has 11 nitrogen and oxygen atoms in total. The number of hydrogen-bond donors (Lipinski definition) is 4. The van der Waals surface area contributed by atoms with Gasteiger partial charge in [-0.3, -0.25) is 19.6 Å². The van der Waals surface area contributed by atoms with Gasteiger partial charge in [0.15, 0.2) is 11.4 Å². The second kappa shape index (κ2) is 14.1. The lowest BCUT2D eigenvalue weighted by molar-refractivity contribution is -0.141. The first kappa shape index (κ1) is 33.9. The van der Waals surface area contributed by atoms with Crippen molar-refractivity contribution >= 4 is 39.5 Å². The molecule has 0 unspecified atom stereocenters. The Balaban J connectivity index is 1.06. The van der Waals surface area contributed by atoms with Crippen LogP contribution >= 0.6 is 0 Å².